The number of para-hydroxylation sites is 1. The molecule has 1 saturated heterocycles. The van der Waals surface area contributed by atoms with Gasteiger partial charge in [0.1, 0.15) is 6.10 Å². The minimum absolute atomic E-state index is 0.145. The molecular formula is C22H24N2O2S2. The Hall–Kier alpha value is -2.05. The van der Waals surface area contributed by atoms with Crippen LogP contribution in [0.15, 0.2) is 53.4 Å². The van der Waals surface area contributed by atoms with Crippen LogP contribution in [0, 0.1) is 6.92 Å². The molecule has 28 heavy (non-hydrogen) atoms. The molecule has 0 spiro atoms. The van der Waals surface area contributed by atoms with E-state index >= 15 is 0 Å². The van der Waals surface area contributed by atoms with Gasteiger partial charge >= 0.3 is 0 Å². The fraction of sp³-hybridized carbons (Fsp3) is 0.364. The second kappa shape index (κ2) is 8.97. The highest BCUT2D eigenvalue weighted by atomic mass is 32.2. The number of aryl methyl sites for hydroxylation is 1. The zero-order valence-electron chi connectivity index (χ0n) is 16.0. The van der Waals surface area contributed by atoms with Gasteiger partial charge in [-0.2, -0.15) is 0 Å². The third-order valence-corrected chi connectivity index (χ3v) is 6.88. The predicted octanol–water partition coefficient (Wildman–Crippen LogP) is 5.16. The number of carbonyl (C=O) groups excluding carboxylic acids is 1. The van der Waals surface area contributed by atoms with Crippen LogP contribution < -0.4 is 4.74 Å². The number of fused-ring (bicyclic) bond motifs is 1. The third kappa shape index (κ3) is 4.86. The summed E-state index contributed by atoms with van der Waals surface area (Å²) in [6.07, 6.45) is 2.47. The number of likely N-dealkylation sites (tertiary alicyclic amines) is 1. The van der Waals surface area contributed by atoms with Gasteiger partial charge in [-0.3, -0.25) is 4.79 Å². The van der Waals surface area contributed by atoms with Crippen LogP contribution >= 0.6 is 23.1 Å². The summed E-state index contributed by atoms with van der Waals surface area (Å²) in [5, 5.41) is 0.737. The monoisotopic (exact) mass is 412 g/mol. The van der Waals surface area contributed by atoms with E-state index in [0.717, 1.165) is 47.1 Å². The molecule has 1 aromatic heterocycles. The highest BCUT2D eigenvalue weighted by molar-refractivity contribution is 7.99. The van der Waals surface area contributed by atoms with Crippen molar-refractivity contribution < 1.29 is 9.53 Å². The van der Waals surface area contributed by atoms with Crippen LogP contribution in [0.3, 0.4) is 0 Å². The molecule has 6 heteroatoms. The van der Waals surface area contributed by atoms with E-state index in [9.17, 15) is 4.79 Å². The molecule has 0 radical (unpaired) electrons. The van der Waals surface area contributed by atoms with E-state index in [1.165, 1.54) is 10.5 Å². The number of thioether (sulfide) groups is 1. The lowest BCUT2D eigenvalue weighted by Crippen LogP contribution is -2.41. The van der Waals surface area contributed by atoms with E-state index in [2.05, 4.69) is 42.2 Å². The molecule has 3 aromatic rings. The Balaban J connectivity index is 1.21. The first-order valence-corrected chi connectivity index (χ1v) is 11.5. The maximum Gasteiger partial charge on any atom is 0.274 e. The molecule has 1 aliphatic heterocycles. The number of hydrogen-bond acceptors (Lipinski definition) is 5. The lowest BCUT2D eigenvalue weighted by molar-refractivity contribution is -0.132. The average Bonchev–Trinajstić information content (AvgIpc) is 3.12. The number of rotatable bonds is 6. The number of piperidine rings is 1. The van der Waals surface area contributed by atoms with Gasteiger partial charge in [-0.15, -0.1) is 11.8 Å². The van der Waals surface area contributed by atoms with Crippen molar-refractivity contribution in [1.82, 2.24) is 9.88 Å². The lowest BCUT2D eigenvalue weighted by Gasteiger charge is -2.31. The molecule has 0 unspecified atom stereocenters. The quantitative estimate of drug-likeness (QED) is 0.525. The van der Waals surface area contributed by atoms with Gasteiger partial charge in [0.05, 0.1) is 10.2 Å². The summed E-state index contributed by atoms with van der Waals surface area (Å²) in [5.74, 6) is 1.07. The van der Waals surface area contributed by atoms with Crippen molar-refractivity contribution >= 4 is 39.2 Å². The van der Waals surface area contributed by atoms with Crippen molar-refractivity contribution in [3.8, 4) is 5.19 Å². The lowest BCUT2D eigenvalue weighted by atomic mass is 10.1. The van der Waals surface area contributed by atoms with Gasteiger partial charge in [-0.1, -0.05) is 41.2 Å². The number of amides is 1. The van der Waals surface area contributed by atoms with Crippen LogP contribution in [-0.4, -0.2) is 40.7 Å². The standard InChI is InChI=1S/C22H24N2O2S2/c1-16-6-8-18(9-7-16)27-15-12-21(25)24-13-10-17(11-14-24)26-22-23-19-4-2-3-5-20(19)28-22/h2-9,17H,10-15H2,1H3. The number of aromatic nitrogens is 1. The Kier molecular flexibility index (Phi) is 6.17. The molecule has 1 aliphatic rings. The van der Waals surface area contributed by atoms with Gasteiger partial charge in [-0.25, -0.2) is 4.98 Å². The topological polar surface area (TPSA) is 42.4 Å². The van der Waals surface area contributed by atoms with E-state index in [1.54, 1.807) is 23.1 Å². The fourth-order valence-corrected chi connectivity index (χ4v) is 5.04. The normalized spacial score (nSPS) is 15.1. The fourth-order valence-electron chi connectivity index (χ4n) is 3.32. The summed E-state index contributed by atoms with van der Waals surface area (Å²) in [6, 6.07) is 16.5. The van der Waals surface area contributed by atoms with E-state index in [4.69, 9.17) is 4.74 Å². The van der Waals surface area contributed by atoms with Gasteiger partial charge in [0, 0.05) is 43.0 Å². The van der Waals surface area contributed by atoms with Gasteiger partial charge in [-0.05, 0) is 31.2 Å². The van der Waals surface area contributed by atoms with Crippen LogP contribution in [-0.2, 0) is 4.79 Å². The summed E-state index contributed by atoms with van der Waals surface area (Å²) in [5.41, 5.74) is 2.25. The van der Waals surface area contributed by atoms with E-state index in [1.807, 2.05) is 23.1 Å². The average molecular weight is 413 g/mol. The highest BCUT2D eigenvalue weighted by Crippen LogP contribution is 2.29. The summed E-state index contributed by atoms with van der Waals surface area (Å²) in [6.45, 7) is 3.62. The highest BCUT2D eigenvalue weighted by Gasteiger charge is 2.24. The Labute approximate surface area is 173 Å². The summed E-state index contributed by atoms with van der Waals surface area (Å²) in [7, 11) is 0. The second-order valence-corrected chi connectivity index (χ2v) is 9.22. The van der Waals surface area contributed by atoms with Crippen molar-refractivity contribution in [3.63, 3.8) is 0 Å². The maximum absolute atomic E-state index is 12.5. The molecule has 1 fully saturated rings. The number of ether oxygens (including phenoxy) is 1. The summed E-state index contributed by atoms with van der Waals surface area (Å²) < 4.78 is 7.23. The minimum atomic E-state index is 0.145. The van der Waals surface area contributed by atoms with Crippen molar-refractivity contribution in [1.29, 1.82) is 0 Å². The van der Waals surface area contributed by atoms with Crippen molar-refractivity contribution in [3.05, 3.63) is 54.1 Å². The van der Waals surface area contributed by atoms with E-state index in [-0.39, 0.29) is 12.0 Å². The smallest absolute Gasteiger partial charge is 0.274 e. The van der Waals surface area contributed by atoms with Crippen molar-refractivity contribution in [2.75, 3.05) is 18.8 Å². The number of carbonyl (C=O) groups is 1. The SMILES string of the molecule is Cc1ccc(SCCC(=O)N2CCC(Oc3nc4ccccc4s3)CC2)cc1. The Morgan fingerprint density at radius 1 is 1.18 bits per heavy atom. The van der Waals surface area contributed by atoms with Crippen LogP contribution in [0.2, 0.25) is 0 Å². The van der Waals surface area contributed by atoms with E-state index in [0.29, 0.717) is 6.42 Å². The van der Waals surface area contributed by atoms with Crippen molar-refractivity contribution in [2.45, 2.75) is 37.2 Å². The number of nitrogens with zero attached hydrogens (tertiary/aromatic N) is 2. The second-order valence-electron chi connectivity index (χ2n) is 7.06. The van der Waals surface area contributed by atoms with Crippen LogP contribution in [0.4, 0.5) is 0 Å². The molecule has 4 rings (SSSR count). The molecule has 0 N–H and O–H groups in total. The number of hydrogen-bond donors (Lipinski definition) is 0. The summed E-state index contributed by atoms with van der Waals surface area (Å²) in [4.78, 5) is 20.2. The zero-order chi connectivity index (χ0) is 19.3. The Bertz CT molecular complexity index is 898. The zero-order valence-corrected chi connectivity index (χ0v) is 17.6. The molecule has 1 amide bonds. The molecule has 0 bridgehead atoms. The van der Waals surface area contributed by atoms with Crippen LogP contribution in [0.1, 0.15) is 24.8 Å². The third-order valence-electron chi connectivity index (χ3n) is 4.94. The first-order valence-electron chi connectivity index (χ1n) is 9.67. The molecule has 0 saturated carbocycles. The number of thiazole rings is 1. The molecule has 0 aliphatic carbocycles. The molecule has 2 heterocycles. The Morgan fingerprint density at radius 3 is 2.68 bits per heavy atom. The van der Waals surface area contributed by atoms with Gasteiger partial charge in [0.25, 0.3) is 5.19 Å². The molecule has 0 atom stereocenters. The van der Waals surface area contributed by atoms with Gasteiger partial charge in [0.15, 0.2) is 0 Å². The first-order chi connectivity index (χ1) is 13.7. The van der Waals surface area contributed by atoms with Crippen molar-refractivity contribution in [2.24, 2.45) is 0 Å². The number of benzene rings is 2. The summed E-state index contributed by atoms with van der Waals surface area (Å²) >= 11 is 3.34. The maximum atomic E-state index is 12.5. The van der Waals surface area contributed by atoms with Gasteiger partial charge in [0.2, 0.25) is 5.91 Å². The van der Waals surface area contributed by atoms with Crippen LogP contribution in [0.25, 0.3) is 10.2 Å². The predicted molar refractivity (Wildman–Crippen MR) is 116 cm³/mol. The first kappa shape index (κ1) is 19.3. The van der Waals surface area contributed by atoms with E-state index < -0.39 is 0 Å². The molecule has 146 valence electrons. The molecular weight excluding hydrogens is 388 g/mol. The Morgan fingerprint density at radius 2 is 1.93 bits per heavy atom. The van der Waals surface area contributed by atoms with Crippen LogP contribution in [0.5, 0.6) is 5.19 Å². The largest absolute Gasteiger partial charge is 0.467 e. The molecule has 2 aromatic carbocycles. The molecule has 4 nitrogen and oxygen atoms in total. The minimum Gasteiger partial charge on any atom is -0.467 e. The van der Waals surface area contributed by atoms with Gasteiger partial charge < -0.3 is 9.64 Å².